The van der Waals surface area contributed by atoms with E-state index in [9.17, 15) is 4.79 Å². The lowest BCUT2D eigenvalue weighted by Crippen LogP contribution is -2.38. The fourth-order valence-electron chi connectivity index (χ4n) is 3.15. The summed E-state index contributed by atoms with van der Waals surface area (Å²) in [4.78, 5) is 14.9. The van der Waals surface area contributed by atoms with Crippen LogP contribution in [0.15, 0.2) is 23.4 Å². The van der Waals surface area contributed by atoms with Gasteiger partial charge in [-0.05, 0) is 31.4 Å². The van der Waals surface area contributed by atoms with Crippen LogP contribution >= 0.6 is 11.8 Å². The maximum absolute atomic E-state index is 12.7. The molecule has 0 unspecified atom stereocenters. The van der Waals surface area contributed by atoms with Gasteiger partial charge in [-0.1, -0.05) is 43.3 Å². The van der Waals surface area contributed by atoms with E-state index in [4.69, 9.17) is 4.74 Å². The molecule has 2 aromatic rings. The summed E-state index contributed by atoms with van der Waals surface area (Å²) in [7, 11) is 0. The lowest BCUT2D eigenvalue weighted by atomic mass is 10.0. The standard InChI is InChI=1S/C20H28N4O2S/c1-14(2)12-24-19(23-7-9-26-10-8-23)21-22-20(24)27-13-18(25)17-11-15(3)5-6-16(17)4/h5-6,11,14H,7-10,12-13H2,1-4H3. The molecule has 1 aliphatic heterocycles. The molecule has 0 bridgehead atoms. The number of ketones is 1. The van der Waals surface area contributed by atoms with Gasteiger partial charge in [0.2, 0.25) is 5.95 Å². The van der Waals surface area contributed by atoms with E-state index in [0.29, 0.717) is 24.9 Å². The van der Waals surface area contributed by atoms with E-state index < -0.39 is 0 Å². The molecule has 1 saturated heterocycles. The Kier molecular flexibility index (Phi) is 6.55. The van der Waals surface area contributed by atoms with Crippen molar-refractivity contribution >= 4 is 23.5 Å². The van der Waals surface area contributed by atoms with Gasteiger partial charge in [-0.2, -0.15) is 0 Å². The predicted molar refractivity (Wildman–Crippen MR) is 109 cm³/mol. The molecule has 3 rings (SSSR count). The van der Waals surface area contributed by atoms with E-state index in [1.165, 1.54) is 11.8 Å². The second-order valence-corrected chi connectivity index (χ2v) is 8.36. The van der Waals surface area contributed by atoms with E-state index in [-0.39, 0.29) is 5.78 Å². The minimum atomic E-state index is 0.133. The molecular weight excluding hydrogens is 360 g/mol. The molecule has 1 aromatic heterocycles. The van der Waals surface area contributed by atoms with Gasteiger partial charge >= 0.3 is 0 Å². The lowest BCUT2D eigenvalue weighted by Gasteiger charge is -2.28. The highest BCUT2D eigenvalue weighted by molar-refractivity contribution is 7.99. The Morgan fingerprint density at radius 3 is 2.67 bits per heavy atom. The number of thioether (sulfide) groups is 1. The summed E-state index contributed by atoms with van der Waals surface area (Å²) in [5.74, 6) is 1.85. The largest absolute Gasteiger partial charge is 0.378 e. The molecule has 1 aliphatic rings. The summed E-state index contributed by atoms with van der Waals surface area (Å²) in [6, 6.07) is 6.01. The second-order valence-electron chi connectivity index (χ2n) is 7.42. The molecule has 1 aromatic carbocycles. The molecule has 0 N–H and O–H groups in total. The third-order valence-corrected chi connectivity index (χ3v) is 5.53. The van der Waals surface area contributed by atoms with Crippen molar-refractivity contribution in [3.63, 3.8) is 0 Å². The van der Waals surface area contributed by atoms with Gasteiger partial charge in [0, 0.05) is 25.2 Å². The highest BCUT2D eigenvalue weighted by Crippen LogP contribution is 2.25. The monoisotopic (exact) mass is 388 g/mol. The third kappa shape index (κ3) is 4.90. The smallest absolute Gasteiger partial charge is 0.228 e. The first kappa shape index (κ1) is 19.9. The van der Waals surface area contributed by atoms with Crippen LogP contribution in [0.5, 0.6) is 0 Å². The molecular formula is C20H28N4O2S. The maximum atomic E-state index is 12.7. The molecule has 0 saturated carbocycles. The zero-order valence-electron chi connectivity index (χ0n) is 16.6. The summed E-state index contributed by atoms with van der Waals surface area (Å²) >= 11 is 1.47. The molecule has 0 radical (unpaired) electrons. The van der Waals surface area contributed by atoms with Crippen LogP contribution in [0.1, 0.15) is 35.3 Å². The minimum absolute atomic E-state index is 0.133. The first-order valence-electron chi connectivity index (χ1n) is 9.45. The van der Waals surface area contributed by atoms with Gasteiger partial charge in [0.15, 0.2) is 10.9 Å². The SMILES string of the molecule is Cc1ccc(C)c(C(=O)CSc2nnc(N3CCOCC3)n2CC(C)C)c1. The zero-order valence-corrected chi connectivity index (χ0v) is 17.4. The fraction of sp³-hybridized carbons (Fsp3) is 0.550. The van der Waals surface area contributed by atoms with Crippen molar-refractivity contribution in [2.75, 3.05) is 37.0 Å². The van der Waals surface area contributed by atoms with Crippen molar-refractivity contribution in [3.8, 4) is 0 Å². The van der Waals surface area contributed by atoms with Crippen LogP contribution < -0.4 is 4.90 Å². The van der Waals surface area contributed by atoms with Crippen molar-refractivity contribution < 1.29 is 9.53 Å². The highest BCUT2D eigenvalue weighted by atomic mass is 32.2. The summed E-state index contributed by atoms with van der Waals surface area (Å²) in [6.07, 6.45) is 0. The van der Waals surface area contributed by atoms with Crippen molar-refractivity contribution in [1.29, 1.82) is 0 Å². The third-order valence-electron chi connectivity index (χ3n) is 4.56. The molecule has 27 heavy (non-hydrogen) atoms. The molecule has 1 fully saturated rings. The molecule has 0 aliphatic carbocycles. The number of morpholine rings is 1. The highest BCUT2D eigenvalue weighted by Gasteiger charge is 2.22. The fourth-order valence-corrected chi connectivity index (χ4v) is 3.98. The topological polar surface area (TPSA) is 60.3 Å². The van der Waals surface area contributed by atoms with Crippen LogP contribution in [-0.4, -0.2) is 52.6 Å². The Morgan fingerprint density at radius 2 is 1.96 bits per heavy atom. The molecule has 146 valence electrons. The van der Waals surface area contributed by atoms with Crippen LogP contribution in [0.25, 0.3) is 0 Å². The van der Waals surface area contributed by atoms with Gasteiger partial charge in [-0.25, -0.2) is 0 Å². The van der Waals surface area contributed by atoms with Gasteiger partial charge in [0.05, 0.1) is 19.0 Å². The Balaban J connectivity index is 1.76. The number of anilines is 1. The van der Waals surface area contributed by atoms with Gasteiger partial charge in [-0.3, -0.25) is 9.36 Å². The summed E-state index contributed by atoms with van der Waals surface area (Å²) in [5.41, 5.74) is 2.92. The number of ether oxygens (including phenoxy) is 1. The minimum Gasteiger partial charge on any atom is -0.378 e. The van der Waals surface area contributed by atoms with Gasteiger partial charge < -0.3 is 9.64 Å². The van der Waals surface area contributed by atoms with Crippen LogP contribution in [-0.2, 0) is 11.3 Å². The zero-order chi connectivity index (χ0) is 19.4. The maximum Gasteiger partial charge on any atom is 0.228 e. The summed E-state index contributed by atoms with van der Waals surface area (Å²) in [6.45, 7) is 12.2. The molecule has 0 spiro atoms. The number of aromatic nitrogens is 3. The summed E-state index contributed by atoms with van der Waals surface area (Å²) in [5, 5.41) is 9.63. The molecule has 7 heteroatoms. The quantitative estimate of drug-likeness (QED) is 0.535. The van der Waals surface area contributed by atoms with Crippen molar-refractivity contribution in [3.05, 3.63) is 34.9 Å². The predicted octanol–water partition coefficient (Wildman–Crippen LogP) is 3.36. The van der Waals surface area contributed by atoms with Gasteiger partial charge in [0.1, 0.15) is 0 Å². The Hall–Kier alpha value is -1.86. The van der Waals surface area contributed by atoms with Crippen molar-refractivity contribution in [2.24, 2.45) is 5.92 Å². The number of nitrogens with zero attached hydrogens (tertiary/aromatic N) is 4. The van der Waals surface area contributed by atoms with Crippen molar-refractivity contribution in [2.45, 2.75) is 39.4 Å². The number of benzene rings is 1. The van der Waals surface area contributed by atoms with E-state index >= 15 is 0 Å². The number of carbonyl (C=O) groups is 1. The number of aryl methyl sites for hydroxylation is 2. The average Bonchev–Trinajstić information content (AvgIpc) is 3.04. The average molecular weight is 389 g/mol. The number of carbonyl (C=O) groups excluding carboxylic acids is 1. The lowest BCUT2D eigenvalue weighted by molar-refractivity contribution is 0.102. The van der Waals surface area contributed by atoms with Crippen molar-refractivity contribution in [1.82, 2.24) is 14.8 Å². The molecule has 6 nitrogen and oxygen atoms in total. The number of Topliss-reactive ketones (excluding diaryl/α,β-unsaturated/α-hetero) is 1. The first-order chi connectivity index (χ1) is 13.0. The molecule has 0 atom stereocenters. The van der Waals surface area contributed by atoms with E-state index in [2.05, 4.69) is 33.5 Å². The van der Waals surface area contributed by atoms with E-state index in [1.54, 1.807) is 0 Å². The Labute approximate surface area is 165 Å². The first-order valence-corrected chi connectivity index (χ1v) is 10.4. The number of rotatable bonds is 7. The summed E-state index contributed by atoms with van der Waals surface area (Å²) < 4.78 is 7.60. The molecule has 0 amide bonds. The van der Waals surface area contributed by atoms with Gasteiger partial charge in [-0.15, -0.1) is 10.2 Å². The van der Waals surface area contributed by atoms with E-state index in [0.717, 1.165) is 47.4 Å². The van der Waals surface area contributed by atoms with E-state index in [1.807, 2.05) is 32.0 Å². The van der Waals surface area contributed by atoms with Crippen LogP contribution in [0.4, 0.5) is 5.95 Å². The van der Waals surface area contributed by atoms with Gasteiger partial charge in [0.25, 0.3) is 0 Å². The second kappa shape index (κ2) is 8.89. The molecule has 2 heterocycles. The number of hydrogen-bond donors (Lipinski definition) is 0. The van der Waals surface area contributed by atoms with Crippen LogP contribution in [0.3, 0.4) is 0 Å². The van der Waals surface area contributed by atoms with Crippen LogP contribution in [0, 0.1) is 19.8 Å². The number of hydrogen-bond acceptors (Lipinski definition) is 6. The normalized spacial score (nSPS) is 14.8. The Bertz CT molecular complexity index is 797. The Morgan fingerprint density at radius 1 is 1.22 bits per heavy atom. The van der Waals surface area contributed by atoms with Crippen LogP contribution in [0.2, 0.25) is 0 Å².